The Labute approximate surface area is 183 Å². The number of hydrogen-bond donors (Lipinski definition) is 2. The number of rotatable bonds is 6. The maximum atomic E-state index is 13.5. The molecule has 0 atom stereocenters. The van der Waals surface area contributed by atoms with Crippen molar-refractivity contribution in [3.8, 4) is 0 Å². The van der Waals surface area contributed by atoms with Gasteiger partial charge in [-0.25, -0.2) is 9.37 Å². The fraction of sp³-hybridized carbons (Fsp3) is 0.167. The maximum absolute atomic E-state index is 13.5. The van der Waals surface area contributed by atoms with Gasteiger partial charge in [0.25, 0.3) is 0 Å². The van der Waals surface area contributed by atoms with E-state index in [9.17, 15) is 4.39 Å². The SMILES string of the molecule is CC(C)c1ccccc1Nc1nc(NCc2ccc(F)c(Br)c2)nc2ccccc12. The number of nitrogens with one attached hydrogen (secondary N) is 2. The van der Waals surface area contributed by atoms with E-state index in [4.69, 9.17) is 4.98 Å². The van der Waals surface area contributed by atoms with E-state index in [0.717, 1.165) is 28.0 Å². The van der Waals surface area contributed by atoms with E-state index in [1.807, 2.05) is 36.4 Å². The number of hydrogen-bond acceptors (Lipinski definition) is 4. The topological polar surface area (TPSA) is 49.8 Å². The average Bonchev–Trinajstić information content (AvgIpc) is 2.75. The zero-order chi connectivity index (χ0) is 21.1. The van der Waals surface area contributed by atoms with E-state index in [1.165, 1.54) is 11.6 Å². The number of nitrogens with zero attached hydrogens (tertiary/aromatic N) is 2. The Kier molecular flexibility index (Phi) is 5.95. The minimum absolute atomic E-state index is 0.281. The first-order chi connectivity index (χ1) is 14.5. The van der Waals surface area contributed by atoms with Crippen LogP contribution in [-0.2, 0) is 6.54 Å². The molecule has 0 aliphatic carbocycles. The van der Waals surface area contributed by atoms with Crippen molar-refractivity contribution in [2.24, 2.45) is 0 Å². The van der Waals surface area contributed by atoms with Gasteiger partial charge in [0.05, 0.1) is 9.99 Å². The molecule has 0 saturated heterocycles. The van der Waals surface area contributed by atoms with Crippen LogP contribution >= 0.6 is 15.9 Å². The van der Waals surface area contributed by atoms with E-state index in [2.05, 4.69) is 57.5 Å². The molecule has 0 aliphatic heterocycles. The standard InChI is InChI=1S/C24H22BrFN4/c1-15(2)17-7-3-5-9-21(17)28-23-18-8-4-6-10-22(18)29-24(30-23)27-14-16-11-12-20(26)19(25)13-16/h3-13,15H,14H2,1-2H3,(H2,27,28,29,30). The Balaban J connectivity index is 1.67. The second kappa shape index (κ2) is 8.79. The second-order valence-corrected chi connectivity index (χ2v) is 8.24. The van der Waals surface area contributed by atoms with Crippen LogP contribution in [-0.4, -0.2) is 9.97 Å². The highest BCUT2D eigenvalue weighted by Crippen LogP contribution is 2.30. The van der Waals surface area contributed by atoms with E-state index < -0.39 is 0 Å². The van der Waals surface area contributed by atoms with Gasteiger partial charge < -0.3 is 10.6 Å². The fourth-order valence-electron chi connectivity index (χ4n) is 3.32. The normalized spacial score (nSPS) is 11.1. The van der Waals surface area contributed by atoms with Gasteiger partial charge in [-0.3, -0.25) is 0 Å². The lowest BCUT2D eigenvalue weighted by atomic mass is 10.0. The van der Waals surface area contributed by atoms with Crippen LogP contribution in [0.5, 0.6) is 0 Å². The van der Waals surface area contributed by atoms with Gasteiger partial charge in [0.15, 0.2) is 0 Å². The van der Waals surface area contributed by atoms with E-state index in [0.29, 0.717) is 22.9 Å². The summed E-state index contributed by atoms with van der Waals surface area (Å²) in [7, 11) is 0. The molecule has 0 fully saturated rings. The molecular formula is C24H22BrFN4. The minimum Gasteiger partial charge on any atom is -0.350 e. The minimum atomic E-state index is -0.281. The summed E-state index contributed by atoms with van der Waals surface area (Å²) < 4.78 is 13.9. The summed E-state index contributed by atoms with van der Waals surface area (Å²) in [5, 5.41) is 7.71. The van der Waals surface area contributed by atoms with Crippen LogP contribution in [0.2, 0.25) is 0 Å². The molecular weight excluding hydrogens is 443 g/mol. The summed E-state index contributed by atoms with van der Waals surface area (Å²) >= 11 is 3.23. The highest BCUT2D eigenvalue weighted by molar-refractivity contribution is 9.10. The van der Waals surface area contributed by atoms with Crippen LogP contribution in [0.15, 0.2) is 71.2 Å². The first-order valence-electron chi connectivity index (χ1n) is 9.82. The van der Waals surface area contributed by atoms with Crippen molar-refractivity contribution in [2.75, 3.05) is 10.6 Å². The maximum Gasteiger partial charge on any atom is 0.225 e. The Bertz CT molecular complexity index is 1190. The van der Waals surface area contributed by atoms with Crippen molar-refractivity contribution in [1.82, 2.24) is 9.97 Å². The van der Waals surface area contributed by atoms with Crippen molar-refractivity contribution in [3.05, 3.63) is 88.1 Å². The summed E-state index contributed by atoms with van der Waals surface area (Å²) in [5.41, 5.74) is 4.04. The lowest BCUT2D eigenvalue weighted by Crippen LogP contribution is -2.07. The smallest absolute Gasteiger partial charge is 0.225 e. The quantitative estimate of drug-likeness (QED) is 0.322. The van der Waals surface area contributed by atoms with E-state index >= 15 is 0 Å². The monoisotopic (exact) mass is 464 g/mol. The molecule has 0 unspecified atom stereocenters. The molecule has 4 aromatic rings. The average molecular weight is 465 g/mol. The van der Waals surface area contributed by atoms with Crippen molar-refractivity contribution >= 4 is 44.3 Å². The molecule has 0 saturated carbocycles. The third kappa shape index (κ3) is 4.44. The van der Waals surface area contributed by atoms with Crippen LogP contribution in [0.3, 0.4) is 0 Å². The van der Waals surface area contributed by atoms with Crippen LogP contribution in [0.4, 0.5) is 21.8 Å². The molecule has 4 nitrogen and oxygen atoms in total. The van der Waals surface area contributed by atoms with Gasteiger partial charge in [-0.15, -0.1) is 0 Å². The highest BCUT2D eigenvalue weighted by Gasteiger charge is 2.11. The van der Waals surface area contributed by atoms with E-state index in [1.54, 1.807) is 12.1 Å². The Morgan fingerprint density at radius 1 is 0.967 bits per heavy atom. The lowest BCUT2D eigenvalue weighted by Gasteiger charge is -2.16. The van der Waals surface area contributed by atoms with E-state index in [-0.39, 0.29) is 5.82 Å². The largest absolute Gasteiger partial charge is 0.350 e. The summed E-state index contributed by atoms with van der Waals surface area (Å²) in [5.74, 6) is 1.36. The summed E-state index contributed by atoms with van der Waals surface area (Å²) in [6.45, 7) is 4.83. The zero-order valence-corrected chi connectivity index (χ0v) is 18.4. The molecule has 0 bridgehead atoms. The molecule has 1 heterocycles. The first-order valence-corrected chi connectivity index (χ1v) is 10.6. The molecule has 152 valence electrons. The van der Waals surface area contributed by atoms with Crippen LogP contribution < -0.4 is 10.6 Å². The Morgan fingerprint density at radius 3 is 2.53 bits per heavy atom. The van der Waals surface area contributed by atoms with Crippen molar-refractivity contribution in [2.45, 2.75) is 26.3 Å². The molecule has 4 rings (SSSR count). The lowest BCUT2D eigenvalue weighted by molar-refractivity contribution is 0.620. The number of anilines is 3. The zero-order valence-electron chi connectivity index (χ0n) is 16.8. The van der Waals surface area contributed by atoms with Crippen molar-refractivity contribution in [1.29, 1.82) is 0 Å². The molecule has 0 amide bonds. The molecule has 6 heteroatoms. The highest BCUT2D eigenvalue weighted by atomic mass is 79.9. The molecule has 30 heavy (non-hydrogen) atoms. The predicted molar refractivity (Wildman–Crippen MR) is 125 cm³/mol. The van der Waals surface area contributed by atoms with Gasteiger partial charge in [0.2, 0.25) is 5.95 Å². The predicted octanol–water partition coefficient (Wildman–Crippen LogP) is 7.01. The van der Waals surface area contributed by atoms with Gasteiger partial charge >= 0.3 is 0 Å². The van der Waals surface area contributed by atoms with Crippen LogP contribution in [0.25, 0.3) is 10.9 Å². The summed E-state index contributed by atoms with van der Waals surface area (Å²) in [6, 6.07) is 21.1. The van der Waals surface area contributed by atoms with Gasteiger partial charge in [0.1, 0.15) is 11.6 Å². The van der Waals surface area contributed by atoms with Crippen LogP contribution in [0, 0.1) is 5.82 Å². The molecule has 0 aliphatic rings. The summed E-state index contributed by atoms with van der Waals surface area (Å²) in [6.07, 6.45) is 0. The number of para-hydroxylation sites is 2. The second-order valence-electron chi connectivity index (χ2n) is 7.38. The van der Waals surface area contributed by atoms with Crippen molar-refractivity contribution < 1.29 is 4.39 Å². The number of benzene rings is 3. The molecule has 3 aromatic carbocycles. The Hall–Kier alpha value is -2.99. The number of fused-ring (bicyclic) bond motifs is 1. The third-order valence-corrected chi connectivity index (χ3v) is 5.48. The fourth-order valence-corrected chi connectivity index (χ4v) is 3.75. The van der Waals surface area contributed by atoms with Crippen LogP contribution in [0.1, 0.15) is 30.9 Å². The third-order valence-electron chi connectivity index (χ3n) is 4.87. The Morgan fingerprint density at radius 2 is 1.73 bits per heavy atom. The number of aromatic nitrogens is 2. The number of halogens is 2. The first kappa shape index (κ1) is 20.3. The van der Waals surface area contributed by atoms with Gasteiger partial charge in [-0.1, -0.05) is 50.2 Å². The summed E-state index contributed by atoms with van der Waals surface area (Å²) in [4.78, 5) is 9.37. The molecule has 0 radical (unpaired) electrons. The molecule has 2 N–H and O–H groups in total. The molecule has 1 aromatic heterocycles. The van der Waals surface area contributed by atoms with Gasteiger partial charge in [0, 0.05) is 17.6 Å². The molecule has 0 spiro atoms. The van der Waals surface area contributed by atoms with Gasteiger partial charge in [-0.05, 0) is 63.3 Å². The van der Waals surface area contributed by atoms with Crippen molar-refractivity contribution in [3.63, 3.8) is 0 Å². The van der Waals surface area contributed by atoms with Gasteiger partial charge in [-0.2, -0.15) is 4.98 Å².